The maximum atomic E-state index is 13.9. The average molecular weight is 493 g/mol. The first-order valence-corrected chi connectivity index (χ1v) is 12.7. The normalized spacial score (nSPS) is 15.9. The Hall–Kier alpha value is -3.32. The Balaban J connectivity index is 1.58. The summed E-state index contributed by atoms with van der Waals surface area (Å²) in [6.07, 6.45) is 9.13. The first-order valence-electron chi connectivity index (χ1n) is 12.3. The number of carboxylic acid groups (broad SMARTS) is 1. The number of amides is 2. The fraction of sp³-hybridized carbons (Fsp3) is 0.370. The number of carbonyl (C=O) groups excluding carboxylic acids is 1. The van der Waals surface area contributed by atoms with Gasteiger partial charge in [0.1, 0.15) is 5.82 Å². The number of urea groups is 1. The number of rotatable bonds is 5. The van der Waals surface area contributed by atoms with Gasteiger partial charge >= 0.3 is 12.0 Å². The molecule has 3 aromatic rings. The standard InChI is InChI=1S/C27H29ClN4O3/c28-22-17-18(26(33)34)15-16-24(22)29-27(35)31(19-9-3-1-4-10-19)25-21-13-7-8-14-23(21)30-32(25)20-11-5-2-6-12-20/h2,5-6,11-12,15-17,19H,1,3-4,7-10,13-14H2,(H,29,35)(H,33,34). The van der Waals surface area contributed by atoms with E-state index in [-0.39, 0.29) is 22.7 Å². The molecule has 2 aliphatic carbocycles. The van der Waals surface area contributed by atoms with Crippen LogP contribution in [0, 0.1) is 0 Å². The molecule has 7 nitrogen and oxygen atoms in total. The number of para-hydroxylation sites is 1. The largest absolute Gasteiger partial charge is 0.478 e. The third-order valence-electron chi connectivity index (χ3n) is 6.98. The maximum Gasteiger partial charge on any atom is 0.335 e. The van der Waals surface area contributed by atoms with Crippen molar-refractivity contribution >= 4 is 35.1 Å². The number of hydrogen-bond donors (Lipinski definition) is 2. The minimum atomic E-state index is -1.06. The summed E-state index contributed by atoms with van der Waals surface area (Å²) in [6, 6.07) is 14.1. The summed E-state index contributed by atoms with van der Waals surface area (Å²) in [4.78, 5) is 27.1. The van der Waals surface area contributed by atoms with Gasteiger partial charge in [-0.15, -0.1) is 0 Å². The summed E-state index contributed by atoms with van der Waals surface area (Å²) in [6.45, 7) is 0. The number of halogens is 1. The van der Waals surface area contributed by atoms with Crippen LogP contribution in [0.3, 0.4) is 0 Å². The van der Waals surface area contributed by atoms with Crippen molar-refractivity contribution < 1.29 is 14.7 Å². The lowest BCUT2D eigenvalue weighted by Crippen LogP contribution is -2.45. The van der Waals surface area contributed by atoms with Crippen molar-refractivity contribution in [2.45, 2.75) is 63.8 Å². The van der Waals surface area contributed by atoms with Gasteiger partial charge in [0.2, 0.25) is 0 Å². The van der Waals surface area contributed by atoms with Gasteiger partial charge in [-0.25, -0.2) is 14.3 Å². The molecule has 5 rings (SSSR count). The summed E-state index contributed by atoms with van der Waals surface area (Å²) >= 11 is 6.36. The number of aromatic carboxylic acids is 1. The fourth-order valence-corrected chi connectivity index (χ4v) is 5.46. The SMILES string of the molecule is O=C(O)c1ccc(NC(=O)N(c2c3c(nn2-c2ccccc2)CCCC3)C2CCCCC2)c(Cl)c1. The van der Waals surface area contributed by atoms with Crippen LogP contribution >= 0.6 is 11.6 Å². The third-order valence-corrected chi connectivity index (χ3v) is 7.29. The number of hydrogen-bond acceptors (Lipinski definition) is 3. The molecule has 182 valence electrons. The second-order valence-electron chi connectivity index (χ2n) is 9.30. The number of carbonyl (C=O) groups is 2. The zero-order valence-corrected chi connectivity index (χ0v) is 20.3. The quantitative estimate of drug-likeness (QED) is 0.427. The summed E-state index contributed by atoms with van der Waals surface area (Å²) in [7, 11) is 0. The van der Waals surface area contributed by atoms with Gasteiger partial charge in [-0.3, -0.25) is 4.90 Å². The van der Waals surface area contributed by atoms with Crippen molar-refractivity contribution in [1.82, 2.24) is 9.78 Å². The predicted molar refractivity (Wildman–Crippen MR) is 137 cm³/mol. The van der Waals surface area contributed by atoms with Gasteiger partial charge in [0.15, 0.2) is 0 Å². The third kappa shape index (κ3) is 4.78. The lowest BCUT2D eigenvalue weighted by Gasteiger charge is -2.35. The summed E-state index contributed by atoms with van der Waals surface area (Å²) in [5.41, 5.74) is 3.60. The topological polar surface area (TPSA) is 87.5 Å². The van der Waals surface area contributed by atoms with Gasteiger partial charge in [-0.1, -0.05) is 49.1 Å². The molecule has 1 saturated carbocycles. The number of benzene rings is 2. The lowest BCUT2D eigenvalue weighted by molar-refractivity contribution is 0.0697. The van der Waals surface area contributed by atoms with Crippen molar-refractivity contribution in [2.75, 3.05) is 10.2 Å². The lowest BCUT2D eigenvalue weighted by atomic mass is 9.92. The van der Waals surface area contributed by atoms with E-state index in [1.807, 2.05) is 39.9 Å². The van der Waals surface area contributed by atoms with Gasteiger partial charge in [-0.2, -0.15) is 5.10 Å². The van der Waals surface area contributed by atoms with Gasteiger partial charge < -0.3 is 10.4 Å². The molecule has 0 aliphatic heterocycles. The van der Waals surface area contributed by atoms with Crippen LogP contribution in [0.4, 0.5) is 16.3 Å². The first kappa shape index (κ1) is 23.4. The van der Waals surface area contributed by atoms with Crippen LogP contribution < -0.4 is 10.2 Å². The number of nitrogens with zero attached hydrogens (tertiary/aromatic N) is 3. The highest BCUT2D eigenvalue weighted by Crippen LogP contribution is 2.37. The van der Waals surface area contributed by atoms with E-state index >= 15 is 0 Å². The molecular weight excluding hydrogens is 464 g/mol. The smallest absolute Gasteiger partial charge is 0.335 e. The predicted octanol–water partition coefficient (Wildman–Crippen LogP) is 6.47. The molecule has 0 spiro atoms. The van der Waals surface area contributed by atoms with Gasteiger partial charge in [0, 0.05) is 11.6 Å². The molecule has 0 bridgehead atoms. The van der Waals surface area contributed by atoms with Crippen molar-refractivity contribution in [3.05, 3.63) is 70.4 Å². The second-order valence-corrected chi connectivity index (χ2v) is 9.70. The molecule has 8 heteroatoms. The van der Waals surface area contributed by atoms with Crippen molar-refractivity contribution in [1.29, 1.82) is 0 Å². The van der Waals surface area contributed by atoms with Crippen LogP contribution in [0.2, 0.25) is 5.02 Å². The summed E-state index contributed by atoms with van der Waals surface area (Å²) < 4.78 is 1.93. The molecule has 0 unspecified atom stereocenters. The van der Waals surface area contributed by atoms with E-state index < -0.39 is 5.97 Å². The van der Waals surface area contributed by atoms with E-state index in [2.05, 4.69) is 5.32 Å². The van der Waals surface area contributed by atoms with Crippen LogP contribution in [0.15, 0.2) is 48.5 Å². The van der Waals surface area contributed by atoms with E-state index in [4.69, 9.17) is 16.7 Å². The highest BCUT2D eigenvalue weighted by Gasteiger charge is 2.34. The average Bonchev–Trinajstić information content (AvgIpc) is 3.26. The minimum absolute atomic E-state index is 0.0472. The highest BCUT2D eigenvalue weighted by atomic mass is 35.5. The molecule has 1 aromatic heterocycles. The molecule has 2 aliphatic rings. The molecule has 2 aromatic carbocycles. The van der Waals surface area contributed by atoms with E-state index in [0.717, 1.165) is 74.1 Å². The Bertz CT molecular complexity index is 1230. The van der Waals surface area contributed by atoms with Crippen LogP contribution in [-0.2, 0) is 12.8 Å². The Kier molecular flexibility index (Phi) is 6.77. The van der Waals surface area contributed by atoms with E-state index in [1.165, 1.54) is 18.6 Å². The fourth-order valence-electron chi connectivity index (χ4n) is 5.23. The van der Waals surface area contributed by atoms with E-state index in [9.17, 15) is 14.7 Å². The van der Waals surface area contributed by atoms with Crippen LogP contribution in [0.5, 0.6) is 0 Å². The van der Waals surface area contributed by atoms with E-state index in [0.29, 0.717) is 5.69 Å². The molecule has 2 amide bonds. The minimum Gasteiger partial charge on any atom is -0.478 e. The molecule has 35 heavy (non-hydrogen) atoms. The van der Waals surface area contributed by atoms with Crippen molar-refractivity contribution in [3.8, 4) is 5.69 Å². The zero-order valence-electron chi connectivity index (χ0n) is 19.5. The summed E-state index contributed by atoms with van der Waals surface area (Å²) in [5, 5.41) is 17.4. The zero-order chi connectivity index (χ0) is 24.4. The molecule has 1 heterocycles. The Labute approximate surface area is 209 Å². The molecular formula is C27H29ClN4O3. The van der Waals surface area contributed by atoms with Crippen molar-refractivity contribution in [2.24, 2.45) is 0 Å². The molecule has 2 N–H and O–H groups in total. The van der Waals surface area contributed by atoms with Crippen LogP contribution in [0.25, 0.3) is 5.69 Å². The van der Waals surface area contributed by atoms with Crippen molar-refractivity contribution in [3.63, 3.8) is 0 Å². The highest BCUT2D eigenvalue weighted by molar-refractivity contribution is 6.34. The van der Waals surface area contributed by atoms with Gasteiger partial charge in [0.25, 0.3) is 0 Å². The van der Waals surface area contributed by atoms with Gasteiger partial charge in [-0.05, 0) is 68.9 Å². The number of fused-ring (bicyclic) bond motifs is 1. The number of aryl methyl sites for hydroxylation is 1. The number of carboxylic acids is 1. The summed E-state index contributed by atoms with van der Waals surface area (Å²) in [5.74, 6) is -0.222. The number of anilines is 2. The van der Waals surface area contributed by atoms with E-state index in [1.54, 1.807) is 6.07 Å². The maximum absolute atomic E-state index is 13.9. The Morgan fingerprint density at radius 2 is 1.74 bits per heavy atom. The second kappa shape index (κ2) is 10.1. The molecule has 1 fully saturated rings. The Morgan fingerprint density at radius 1 is 1.00 bits per heavy atom. The monoisotopic (exact) mass is 492 g/mol. The molecule has 0 saturated heterocycles. The first-order chi connectivity index (χ1) is 17.0. The molecule has 0 atom stereocenters. The Morgan fingerprint density at radius 3 is 2.46 bits per heavy atom. The van der Waals surface area contributed by atoms with Crippen LogP contribution in [0.1, 0.15) is 66.6 Å². The molecule has 0 radical (unpaired) electrons. The van der Waals surface area contributed by atoms with Crippen LogP contribution in [-0.4, -0.2) is 32.9 Å². The number of nitrogens with one attached hydrogen (secondary N) is 1. The number of aromatic nitrogens is 2. The van der Waals surface area contributed by atoms with Gasteiger partial charge in [0.05, 0.1) is 27.7 Å².